The highest BCUT2D eigenvalue weighted by atomic mass is 32.1. The Bertz CT molecular complexity index is 1590. The number of thiazole rings is 1. The van der Waals surface area contributed by atoms with Crippen molar-refractivity contribution in [3.05, 3.63) is 66.2 Å². The van der Waals surface area contributed by atoms with Crippen LogP contribution in [0.15, 0.2) is 60.7 Å². The SMILES string of the molecule is CCOc1ccc2nc(NC(=O)C(C)OC(=O)c3ccc4nc(-c5ccc(OC)cc5)[nH]c4c3)sc2c1. The molecule has 0 bridgehead atoms. The minimum absolute atomic E-state index is 0.306. The molecule has 2 aromatic heterocycles. The minimum atomic E-state index is -1.02. The van der Waals surface area contributed by atoms with Gasteiger partial charge in [-0.25, -0.2) is 14.8 Å². The third kappa shape index (κ3) is 5.24. The first-order valence-corrected chi connectivity index (χ1v) is 12.4. The summed E-state index contributed by atoms with van der Waals surface area (Å²) in [7, 11) is 1.61. The molecule has 0 radical (unpaired) electrons. The molecule has 10 heteroatoms. The van der Waals surface area contributed by atoms with Gasteiger partial charge in [0.2, 0.25) is 0 Å². The summed E-state index contributed by atoms with van der Waals surface area (Å²) in [6.07, 6.45) is -1.02. The van der Waals surface area contributed by atoms with Crippen LogP contribution in [0.1, 0.15) is 24.2 Å². The largest absolute Gasteiger partial charge is 0.497 e. The van der Waals surface area contributed by atoms with Gasteiger partial charge in [-0.05, 0) is 74.5 Å². The summed E-state index contributed by atoms with van der Waals surface area (Å²) >= 11 is 1.32. The highest BCUT2D eigenvalue weighted by Gasteiger charge is 2.21. The third-order valence-electron chi connectivity index (χ3n) is 5.64. The molecule has 0 fully saturated rings. The molecule has 2 heterocycles. The first kappa shape index (κ1) is 24.3. The van der Waals surface area contributed by atoms with Crippen molar-refractivity contribution < 1.29 is 23.8 Å². The molecule has 1 atom stereocenters. The number of hydrogen-bond donors (Lipinski definition) is 2. The molecule has 0 spiro atoms. The van der Waals surface area contributed by atoms with Gasteiger partial charge in [0.05, 0.1) is 40.5 Å². The van der Waals surface area contributed by atoms with Crippen molar-refractivity contribution in [2.75, 3.05) is 19.0 Å². The van der Waals surface area contributed by atoms with E-state index in [9.17, 15) is 9.59 Å². The van der Waals surface area contributed by atoms with Gasteiger partial charge in [-0.2, -0.15) is 0 Å². The zero-order valence-corrected chi connectivity index (χ0v) is 21.2. The maximum Gasteiger partial charge on any atom is 0.338 e. The monoisotopic (exact) mass is 516 g/mol. The van der Waals surface area contributed by atoms with Gasteiger partial charge in [0.15, 0.2) is 11.2 Å². The van der Waals surface area contributed by atoms with Gasteiger partial charge >= 0.3 is 5.97 Å². The lowest BCUT2D eigenvalue weighted by Crippen LogP contribution is -2.29. The Morgan fingerprint density at radius 3 is 2.51 bits per heavy atom. The maximum absolute atomic E-state index is 12.8. The molecule has 37 heavy (non-hydrogen) atoms. The van der Waals surface area contributed by atoms with Crippen LogP contribution in [0.4, 0.5) is 5.13 Å². The van der Waals surface area contributed by atoms with Crippen molar-refractivity contribution in [1.82, 2.24) is 15.0 Å². The second kappa shape index (κ2) is 10.3. The third-order valence-corrected chi connectivity index (χ3v) is 6.57. The maximum atomic E-state index is 12.8. The summed E-state index contributed by atoms with van der Waals surface area (Å²) in [6.45, 7) is 4.00. The number of nitrogens with zero attached hydrogens (tertiary/aromatic N) is 2. The Kier molecular flexibility index (Phi) is 6.74. The Labute approximate surface area is 216 Å². The first-order valence-electron chi connectivity index (χ1n) is 11.6. The van der Waals surface area contributed by atoms with Crippen LogP contribution in [0.5, 0.6) is 11.5 Å². The van der Waals surface area contributed by atoms with E-state index in [4.69, 9.17) is 14.2 Å². The molecule has 3 aromatic carbocycles. The number of H-pyrrole nitrogens is 1. The lowest BCUT2D eigenvalue weighted by Gasteiger charge is -2.12. The van der Waals surface area contributed by atoms with Crippen molar-refractivity contribution >= 4 is 49.6 Å². The first-order chi connectivity index (χ1) is 17.9. The van der Waals surface area contributed by atoms with E-state index in [0.29, 0.717) is 34.2 Å². The van der Waals surface area contributed by atoms with Gasteiger partial charge in [0.1, 0.15) is 17.3 Å². The van der Waals surface area contributed by atoms with Crippen molar-refractivity contribution in [2.45, 2.75) is 20.0 Å². The van der Waals surface area contributed by atoms with Gasteiger partial charge in [-0.15, -0.1) is 0 Å². The summed E-state index contributed by atoms with van der Waals surface area (Å²) < 4.78 is 17.0. The fraction of sp³-hybridized carbons (Fsp3) is 0.185. The fourth-order valence-electron chi connectivity index (χ4n) is 3.73. The smallest absolute Gasteiger partial charge is 0.338 e. The number of ether oxygens (including phenoxy) is 3. The number of methoxy groups -OCH3 is 1. The number of amides is 1. The van der Waals surface area contributed by atoms with Crippen LogP contribution < -0.4 is 14.8 Å². The summed E-state index contributed by atoms with van der Waals surface area (Å²) in [4.78, 5) is 37.7. The number of carbonyl (C=O) groups excluding carboxylic acids is 2. The van der Waals surface area contributed by atoms with Crippen molar-refractivity contribution in [3.8, 4) is 22.9 Å². The van der Waals surface area contributed by atoms with Crippen LogP contribution in [0.25, 0.3) is 32.6 Å². The Balaban J connectivity index is 1.25. The highest BCUT2D eigenvalue weighted by molar-refractivity contribution is 7.22. The average molecular weight is 517 g/mol. The highest BCUT2D eigenvalue weighted by Crippen LogP contribution is 2.29. The lowest BCUT2D eigenvalue weighted by atomic mass is 10.2. The number of esters is 1. The predicted molar refractivity (Wildman–Crippen MR) is 142 cm³/mol. The molecule has 9 nitrogen and oxygen atoms in total. The predicted octanol–water partition coefficient (Wildman–Crippen LogP) is 5.43. The number of rotatable bonds is 8. The van der Waals surface area contributed by atoms with Crippen molar-refractivity contribution in [2.24, 2.45) is 0 Å². The molecular formula is C27H24N4O5S. The molecule has 5 aromatic rings. The van der Waals surface area contributed by atoms with E-state index in [1.807, 2.05) is 49.4 Å². The topological polar surface area (TPSA) is 115 Å². The van der Waals surface area contributed by atoms with Gasteiger partial charge in [0, 0.05) is 5.56 Å². The summed E-state index contributed by atoms with van der Waals surface area (Å²) in [5, 5.41) is 3.14. The number of anilines is 1. The van der Waals surface area contributed by atoms with E-state index in [1.165, 1.54) is 18.3 Å². The molecule has 1 amide bonds. The van der Waals surface area contributed by atoms with Crippen LogP contribution in [0, 0.1) is 0 Å². The van der Waals surface area contributed by atoms with Gasteiger partial charge < -0.3 is 19.2 Å². The van der Waals surface area contributed by atoms with E-state index in [1.54, 1.807) is 25.3 Å². The van der Waals surface area contributed by atoms with Crippen molar-refractivity contribution in [1.29, 1.82) is 0 Å². The van der Waals surface area contributed by atoms with Crippen LogP contribution in [0.2, 0.25) is 0 Å². The normalized spacial score (nSPS) is 11.9. The molecule has 188 valence electrons. The number of fused-ring (bicyclic) bond motifs is 2. The molecule has 1 unspecified atom stereocenters. The Morgan fingerprint density at radius 2 is 1.76 bits per heavy atom. The standard InChI is InChI=1S/C27H24N4O5S/c1-4-35-19-10-12-21-23(14-19)37-27(30-21)31-25(32)15(2)36-26(33)17-7-11-20-22(13-17)29-24(28-20)16-5-8-18(34-3)9-6-16/h5-15H,4H2,1-3H3,(H,28,29)(H,30,31,32). The van der Waals surface area contributed by atoms with Gasteiger partial charge in [-0.3, -0.25) is 10.1 Å². The van der Waals surface area contributed by atoms with Crippen LogP contribution >= 0.6 is 11.3 Å². The number of aromatic nitrogens is 3. The van der Waals surface area contributed by atoms with Crippen LogP contribution in [0.3, 0.4) is 0 Å². The van der Waals surface area contributed by atoms with Crippen molar-refractivity contribution in [3.63, 3.8) is 0 Å². The second-order valence-electron chi connectivity index (χ2n) is 8.16. The fourth-order valence-corrected chi connectivity index (χ4v) is 4.62. The van der Waals surface area contributed by atoms with E-state index in [2.05, 4.69) is 20.3 Å². The molecule has 0 aliphatic carbocycles. The molecule has 0 aliphatic rings. The summed E-state index contributed by atoms with van der Waals surface area (Å²) in [5.41, 5.74) is 3.32. The van der Waals surface area contributed by atoms with Crippen LogP contribution in [-0.2, 0) is 9.53 Å². The van der Waals surface area contributed by atoms with E-state index in [0.717, 1.165) is 27.3 Å². The minimum Gasteiger partial charge on any atom is -0.497 e. The average Bonchev–Trinajstić information content (AvgIpc) is 3.51. The molecular weight excluding hydrogens is 492 g/mol. The molecule has 0 saturated heterocycles. The molecule has 0 aliphatic heterocycles. The Hall–Kier alpha value is -4.44. The number of hydrogen-bond acceptors (Lipinski definition) is 8. The Morgan fingerprint density at radius 1 is 1.00 bits per heavy atom. The number of imidazole rings is 1. The van der Waals surface area contributed by atoms with Crippen LogP contribution in [-0.4, -0.2) is 46.6 Å². The van der Waals surface area contributed by atoms with Gasteiger partial charge in [0.25, 0.3) is 5.91 Å². The number of benzene rings is 3. The quantitative estimate of drug-likeness (QED) is 0.264. The number of aromatic amines is 1. The van der Waals surface area contributed by atoms with Gasteiger partial charge in [-0.1, -0.05) is 11.3 Å². The lowest BCUT2D eigenvalue weighted by molar-refractivity contribution is -0.123. The molecule has 2 N–H and O–H groups in total. The number of nitrogens with one attached hydrogen (secondary N) is 2. The van der Waals surface area contributed by atoms with E-state index in [-0.39, 0.29) is 0 Å². The molecule has 5 rings (SSSR count). The summed E-state index contributed by atoms with van der Waals surface area (Å²) in [5.74, 6) is 1.07. The van der Waals surface area contributed by atoms with E-state index < -0.39 is 18.0 Å². The second-order valence-corrected chi connectivity index (χ2v) is 9.19. The number of carbonyl (C=O) groups is 2. The zero-order chi connectivity index (χ0) is 25.9. The van der Waals surface area contributed by atoms with E-state index >= 15 is 0 Å². The molecule has 0 saturated carbocycles. The summed E-state index contributed by atoms with van der Waals surface area (Å²) in [6, 6.07) is 18.1. The zero-order valence-electron chi connectivity index (χ0n) is 20.4.